The van der Waals surface area contributed by atoms with Crippen molar-refractivity contribution in [3.63, 3.8) is 0 Å². The number of unbranched alkanes of at least 4 members (excludes halogenated alkanes) is 9. The molecule has 24 nitrogen and oxygen atoms in total. The van der Waals surface area contributed by atoms with E-state index in [4.69, 9.17) is 19.5 Å². The first-order chi connectivity index (χ1) is 30.0. The summed E-state index contributed by atoms with van der Waals surface area (Å²) >= 11 is 4.57. The van der Waals surface area contributed by atoms with Crippen molar-refractivity contribution in [2.45, 2.75) is 133 Å². The number of hydrogen-bond donors (Lipinski definition) is 9. The van der Waals surface area contributed by atoms with E-state index in [2.05, 4.69) is 57.3 Å². The first kappa shape index (κ1) is 56.4. The van der Waals surface area contributed by atoms with E-state index < -0.39 is 84.6 Å². The highest BCUT2D eigenvalue weighted by atomic mass is 79.9. The number of aliphatic hydroxyl groups excluding tert-OH is 2. The molecule has 0 spiro atoms. The molecule has 0 radical (unpaired) electrons. The van der Waals surface area contributed by atoms with Gasteiger partial charge in [-0.1, -0.05) is 113 Å². The molecule has 64 heavy (non-hydrogen) atoms. The number of amides is 2. The molecule has 0 aliphatic carbocycles. The van der Waals surface area contributed by atoms with Gasteiger partial charge in [0.15, 0.2) is 17.7 Å². The van der Waals surface area contributed by atoms with E-state index in [0.29, 0.717) is 5.75 Å². The van der Waals surface area contributed by atoms with Gasteiger partial charge in [0.1, 0.15) is 36.3 Å². The predicted octanol–water partition coefficient (Wildman–Crippen LogP) is 3.74. The lowest BCUT2D eigenvalue weighted by Crippen LogP contribution is -2.46. The molecule has 1 fully saturated rings. The second kappa shape index (κ2) is 26.5. The van der Waals surface area contributed by atoms with Crippen molar-refractivity contribution in [3.05, 3.63) is 12.7 Å². The van der Waals surface area contributed by atoms with Gasteiger partial charge >= 0.3 is 23.5 Å². The molecule has 366 valence electrons. The molecule has 0 saturated carbocycles. The van der Waals surface area contributed by atoms with E-state index in [1.54, 1.807) is 0 Å². The number of nitrogens with two attached hydrogens (primary N) is 1. The number of anilines is 1. The highest BCUT2D eigenvalue weighted by Crippen LogP contribution is 2.61. The molecule has 2 aromatic rings. The number of hydrogen-bond acceptors (Lipinski definition) is 18. The number of fused-ring (bicyclic) bond motifs is 1. The zero-order valence-electron chi connectivity index (χ0n) is 35.8. The van der Waals surface area contributed by atoms with E-state index in [9.17, 15) is 57.9 Å². The van der Waals surface area contributed by atoms with Gasteiger partial charge in [0.2, 0.25) is 16.9 Å². The van der Waals surface area contributed by atoms with Gasteiger partial charge in [-0.3, -0.25) is 32.5 Å². The fourth-order valence-electron chi connectivity index (χ4n) is 6.30. The van der Waals surface area contributed by atoms with Crippen molar-refractivity contribution in [1.82, 2.24) is 30.2 Å². The van der Waals surface area contributed by atoms with Crippen molar-refractivity contribution in [2.24, 2.45) is 5.41 Å². The Kier molecular flexibility index (Phi) is 23.4. The highest BCUT2D eigenvalue weighted by molar-refractivity contribution is 9.10. The summed E-state index contributed by atoms with van der Waals surface area (Å²) in [5.74, 6) is -1.08. The minimum absolute atomic E-state index is 0.0119. The average molecular weight is 1060 g/mol. The van der Waals surface area contributed by atoms with Gasteiger partial charge in [0.25, 0.3) is 0 Å². The topological polar surface area (TPSA) is 364 Å². The maximum Gasteiger partial charge on any atom is 0.481 e. The van der Waals surface area contributed by atoms with Crippen LogP contribution in [0.5, 0.6) is 0 Å². The van der Waals surface area contributed by atoms with Crippen LogP contribution in [0.4, 0.5) is 5.82 Å². The lowest BCUT2D eigenvalue weighted by atomic mass is 9.87. The van der Waals surface area contributed by atoms with Crippen LogP contribution in [0.1, 0.15) is 104 Å². The monoisotopic (exact) mass is 1060 g/mol. The molecule has 2 aromatic heterocycles. The lowest BCUT2D eigenvalue weighted by Gasteiger charge is -2.30. The highest BCUT2D eigenvalue weighted by Gasteiger charge is 2.50. The van der Waals surface area contributed by atoms with Crippen molar-refractivity contribution in [3.8, 4) is 0 Å². The smallest absolute Gasteiger partial charge is 0.386 e. The Balaban J connectivity index is 1.36. The number of carbonyl (C=O) groups is 3. The van der Waals surface area contributed by atoms with Crippen molar-refractivity contribution >= 4 is 85.1 Å². The maximum atomic E-state index is 12.7. The molecule has 1 aliphatic heterocycles. The molecular formula is C35H61BrN7O17P3S. The Labute approximate surface area is 383 Å². The Morgan fingerprint density at radius 2 is 1.58 bits per heavy atom. The zero-order chi connectivity index (χ0) is 47.7. The Morgan fingerprint density at radius 1 is 0.953 bits per heavy atom. The number of nitrogens with one attached hydrogen (secondary N) is 2. The molecule has 29 heteroatoms. The van der Waals surface area contributed by atoms with Gasteiger partial charge in [0, 0.05) is 30.7 Å². The zero-order valence-corrected chi connectivity index (χ0v) is 40.9. The summed E-state index contributed by atoms with van der Waals surface area (Å²) in [6, 6.07) is 0. The minimum Gasteiger partial charge on any atom is -0.386 e. The van der Waals surface area contributed by atoms with E-state index in [0.717, 1.165) is 54.7 Å². The fraction of sp³-hybridized carbons (Fsp3) is 0.771. The first-order valence-corrected chi connectivity index (χ1v) is 27.1. The second-order valence-electron chi connectivity index (χ2n) is 15.7. The summed E-state index contributed by atoms with van der Waals surface area (Å²) in [5, 5.41) is 26.6. The van der Waals surface area contributed by atoms with Gasteiger partial charge in [-0.15, -0.1) is 0 Å². The van der Waals surface area contributed by atoms with Crippen LogP contribution >= 0.6 is 51.2 Å². The first-order valence-electron chi connectivity index (χ1n) is 20.7. The van der Waals surface area contributed by atoms with Crippen LogP contribution in [-0.2, 0) is 50.7 Å². The molecule has 8 unspecified atom stereocenters. The van der Waals surface area contributed by atoms with Gasteiger partial charge < -0.3 is 50.9 Å². The number of alkyl halides is 1. The largest absolute Gasteiger partial charge is 0.481 e. The Morgan fingerprint density at radius 3 is 2.22 bits per heavy atom. The summed E-state index contributed by atoms with van der Waals surface area (Å²) in [6.07, 6.45) is 5.93. The Hall–Kier alpha value is -1.96. The van der Waals surface area contributed by atoms with E-state index in [1.807, 2.05) is 0 Å². The predicted molar refractivity (Wildman–Crippen MR) is 236 cm³/mol. The molecule has 3 heterocycles. The normalized spacial score (nSPS) is 21.0. The third kappa shape index (κ3) is 19.3. The summed E-state index contributed by atoms with van der Waals surface area (Å²) in [6.45, 7) is 2.73. The number of nitrogen functional groups attached to an aromatic ring is 1. The number of ether oxygens (including phenoxy) is 1. The standard InChI is InChI=1S/C35H61BrN7O17P3S/c1-4-5-6-7-8-9-10-11-12-13-14-23(36)34(48)64-18-17-38-25(44)15-16-39-32(47)29(46)35(2,3)20-57-63(54,55)60-62(52,53)56-19-24-28(59-61(49,50)51)27(45)33(58-24)43-22-42-26-30(37)40-21-41-31(26)43/h21-24,27-29,33,45-46H,4-20H2,1-3H3,(H,38,44)(H,39,47)(H,52,53)(H,54,55)(H2,37,40,41)(H2,49,50,51). The molecule has 0 bridgehead atoms. The summed E-state index contributed by atoms with van der Waals surface area (Å²) in [4.78, 5) is 88.3. The van der Waals surface area contributed by atoms with Gasteiger partial charge in [-0.25, -0.2) is 28.6 Å². The van der Waals surface area contributed by atoms with Crippen LogP contribution in [-0.4, -0.2) is 128 Å². The number of carbonyl (C=O) groups excluding carboxylic acids is 3. The number of halogens is 1. The summed E-state index contributed by atoms with van der Waals surface area (Å²) in [5.41, 5.74) is 4.28. The molecular weight excluding hydrogens is 995 g/mol. The van der Waals surface area contributed by atoms with Crippen LogP contribution in [0.2, 0.25) is 0 Å². The van der Waals surface area contributed by atoms with Gasteiger partial charge in [-0.05, 0) is 6.42 Å². The fourth-order valence-corrected chi connectivity index (χ4v) is 10.6. The van der Waals surface area contributed by atoms with E-state index in [-0.39, 0.29) is 46.4 Å². The summed E-state index contributed by atoms with van der Waals surface area (Å²) in [7, 11) is -16.4. The molecule has 10 N–H and O–H groups in total. The van der Waals surface area contributed by atoms with E-state index >= 15 is 0 Å². The van der Waals surface area contributed by atoms with E-state index in [1.165, 1.54) is 58.8 Å². The Bertz CT molecular complexity index is 1970. The molecule has 3 rings (SSSR count). The number of aliphatic hydroxyl groups is 2. The number of phosphoric ester groups is 3. The second-order valence-corrected chi connectivity index (χ2v) is 22.1. The summed E-state index contributed by atoms with van der Waals surface area (Å²) < 4.78 is 62.4. The van der Waals surface area contributed by atoms with Gasteiger partial charge in [0.05, 0.1) is 24.4 Å². The quantitative estimate of drug-likeness (QED) is 0.0295. The number of rotatable bonds is 31. The number of thioether (sulfide) groups is 1. The van der Waals surface area contributed by atoms with Crippen LogP contribution in [0.25, 0.3) is 11.2 Å². The SMILES string of the molecule is CCCCCCCCCCCCC(Br)C(=O)SCCNC(=O)CCNC(=O)C(O)C(C)(C)COP(=O)(O)OP(=O)(O)OCC1OC(n2cnc3c(N)ncnc32)C(O)C1OP(=O)(O)O. The molecule has 1 aliphatic rings. The van der Waals surface area contributed by atoms with Crippen LogP contribution in [0, 0.1) is 5.41 Å². The number of aromatic nitrogens is 4. The van der Waals surface area contributed by atoms with Gasteiger partial charge in [-0.2, -0.15) is 4.31 Å². The molecule has 0 aromatic carbocycles. The minimum atomic E-state index is -5.58. The molecule has 1 saturated heterocycles. The number of imidazole rings is 1. The van der Waals surface area contributed by atoms with Crippen LogP contribution in [0.15, 0.2) is 12.7 Å². The number of nitrogens with zero attached hydrogens (tertiary/aromatic N) is 4. The lowest BCUT2D eigenvalue weighted by molar-refractivity contribution is -0.137. The third-order valence-electron chi connectivity index (χ3n) is 9.81. The average Bonchev–Trinajstić information content (AvgIpc) is 3.78. The molecule has 2 amide bonds. The van der Waals surface area contributed by atoms with Crippen molar-refractivity contribution in [2.75, 3.05) is 37.8 Å². The van der Waals surface area contributed by atoms with Crippen molar-refractivity contribution < 1.29 is 80.5 Å². The molecule has 8 atom stereocenters. The number of phosphoric acid groups is 3. The maximum absolute atomic E-state index is 12.7. The van der Waals surface area contributed by atoms with Crippen LogP contribution < -0.4 is 16.4 Å². The van der Waals surface area contributed by atoms with Crippen LogP contribution in [0.3, 0.4) is 0 Å². The third-order valence-corrected chi connectivity index (χ3v) is 15.1. The van der Waals surface area contributed by atoms with Crippen molar-refractivity contribution in [1.29, 1.82) is 0 Å².